The van der Waals surface area contributed by atoms with Crippen LogP contribution in [0, 0.1) is 0 Å². The summed E-state index contributed by atoms with van der Waals surface area (Å²) < 4.78 is 0. The van der Waals surface area contributed by atoms with Gasteiger partial charge in [0.15, 0.2) is 0 Å². The lowest BCUT2D eigenvalue weighted by Crippen LogP contribution is -2.43. The molecule has 0 aromatic heterocycles. The fraction of sp³-hybridized carbons (Fsp3) is 1.00. The van der Waals surface area contributed by atoms with Gasteiger partial charge in [0.1, 0.15) is 0 Å². The second-order valence-electron chi connectivity index (χ2n) is 4.97. The number of hydrogen-bond donors (Lipinski definition) is 1. The third-order valence-corrected chi connectivity index (χ3v) is 4.28. The number of nitrogens with one attached hydrogen (secondary N) is 1. The Balaban J connectivity index is 1.99. The summed E-state index contributed by atoms with van der Waals surface area (Å²) in [6, 6.07) is 0. The van der Waals surface area contributed by atoms with Crippen molar-refractivity contribution in [2.75, 3.05) is 32.7 Å². The zero-order valence-corrected chi connectivity index (χ0v) is 12.0. The zero-order valence-electron chi connectivity index (χ0n) is 11.2. The van der Waals surface area contributed by atoms with Gasteiger partial charge in [0.2, 0.25) is 0 Å². The van der Waals surface area contributed by atoms with Gasteiger partial charge in [-0.1, -0.05) is 33.6 Å². The van der Waals surface area contributed by atoms with Gasteiger partial charge in [-0.3, -0.25) is 4.90 Å². The van der Waals surface area contributed by atoms with Crippen LogP contribution in [0.2, 0.25) is 0 Å². The van der Waals surface area contributed by atoms with Crippen LogP contribution in [0.15, 0.2) is 0 Å². The van der Waals surface area contributed by atoms with Crippen molar-refractivity contribution in [3.05, 3.63) is 0 Å². The minimum atomic E-state index is 0.809. The molecule has 3 heteroatoms. The van der Waals surface area contributed by atoms with Crippen LogP contribution < -0.4 is 5.32 Å². The van der Waals surface area contributed by atoms with Gasteiger partial charge in [0, 0.05) is 36.7 Å². The summed E-state index contributed by atoms with van der Waals surface area (Å²) in [6.45, 7) is 13.1. The lowest BCUT2D eigenvalue weighted by atomic mass is 10.2. The Morgan fingerprint density at radius 3 is 2.44 bits per heavy atom. The van der Waals surface area contributed by atoms with Crippen molar-refractivity contribution in [2.24, 2.45) is 0 Å². The van der Waals surface area contributed by atoms with E-state index in [9.17, 15) is 0 Å². The van der Waals surface area contributed by atoms with Crippen molar-refractivity contribution in [2.45, 2.75) is 50.5 Å². The maximum atomic E-state index is 3.55. The summed E-state index contributed by atoms with van der Waals surface area (Å²) in [5.41, 5.74) is 0. The standard InChI is InChI=1S/C13H28N2S/c1-4-5-6-7-14-8-9-15-10-12(2)16-13(3)11-15/h12-14H,4-11H2,1-3H3. The SMILES string of the molecule is CCCCCNCCN1CC(C)SC(C)C1. The van der Waals surface area contributed by atoms with Crippen molar-refractivity contribution in [3.63, 3.8) is 0 Å². The molecule has 2 atom stereocenters. The normalized spacial score (nSPS) is 27.2. The van der Waals surface area contributed by atoms with Gasteiger partial charge in [-0.25, -0.2) is 0 Å². The minimum absolute atomic E-state index is 0.809. The molecular weight excluding hydrogens is 216 g/mol. The summed E-state index contributed by atoms with van der Waals surface area (Å²) in [7, 11) is 0. The van der Waals surface area contributed by atoms with E-state index in [4.69, 9.17) is 0 Å². The second-order valence-corrected chi connectivity index (χ2v) is 6.86. The third-order valence-electron chi connectivity index (χ3n) is 3.06. The fourth-order valence-corrected chi connectivity index (χ4v) is 3.72. The van der Waals surface area contributed by atoms with E-state index >= 15 is 0 Å². The quantitative estimate of drug-likeness (QED) is 0.693. The highest BCUT2D eigenvalue weighted by Crippen LogP contribution is 2.24. The minimum Gasteiger partial charge on any atom is -0.315 e. The molecule has 2 unspecified atom stereocenters. The van der Waals surface area contributed by atoms with Crippen LogP contribution >= 0.6 is 11.8 Å². The van der Waals surface area contributed by atoms with Crippen LogP contribution in [0.3, 0.4) is 0 Å². The molecule has 1 rings (SSSR count). The molecule has 0 bridgehead atoms. The Bertz CT molecular complexity index is 165. The van der Waals surface area contributed by atoms with Gasteiger partial charge >= 0.3 is 0 Å². The molecule has 0 spiro atoms. The molecule has 0 aliphatic carbocycles. The first kappa shape index (κ1) is 14.3. The Labute approximate surface area is 106 Å². The zero-order chi connectivity index (χ0) is 11.8. The van der Waals surface area contributed by atoms with Crippen molar-refractivity contribution in [1.82, 2.24) is 10.2 Å². The smallest absolute Gasteiger partial charge is 0.0149 e. The van der Waals surface area contributed by atoms with E-state index in [1.807, 2.05) is 0 Å². The van der Waals surface area contributed by atoms with Gasteiger partial charge in [-0.15, -0.1) is 0 Å². The van der Waals surface area contributed by atoms with E-state index in [1.165, 1.54) is 45.4 Å². The van der Waals surface area contributed by atoms with Crippen LogP contribution in [0.5, 0.6) is 0 Å². The Morgan fingerprint density at radius 2 is 1.81 bits per heavy atom. The largest absolute Gasteiger partial charge is 0.315 e. The third kappa shape index (κ3) is 6.12. The molecular formula is C13H28N2S. The summed E-state index contributed by atoms with van der Waals surface area (Å²) in [4.78, 5) is 2.61. The Hall–Kier alpha value is 0.270. The highest BCUT2D eigenvalue weighted by molar-refractivity contribution is 8.00. The van der Waals surface area contributed by atoms with E-state index in [0.717, 1.165) is 17.0 Å². The summed E-state index contributed by atoms with van der Waals surface area (Å²) in [5.74, 6) is 0. The van der Waals surface area contributed by atoms with E-state index in [-0.39, 0.29) is 0 Å². The highest BCUT2D eigenvalue weighted by Gasteiger charge is 2.21. The molecule has 0 aromatic rings. The average molecular weight is 244 g/mol. The van der Waals surface area contributed by atoms with Crippen molar-refractivity contribution in [1.29, 1.82) is 0 Å². The molecule has 1 aliphatic rings. The molecule has 1 fully saturated rings. The number of unbranched alkanes of at least 4 members (excludes halogenated alkanes) is 2. The summed E-state index contributed by atoms with van der Waals surface area (Å²) in [5, 5.41) is 5.17. The fourth-order valence-electron chi connectivity index (χ4n) is 2.33. The van der Waals surface area contributed by atoms with Crippen molar-refractivity contribution < 1.29 is 0 Å². The first-order valence-electron chi connectivity index (χ1n) is 6.81. The van der Waals surface area contributed by atoms with E-state index in [0.29, 0.717) is 0 Å². The lowest BCUT2D eigenvalue weighted by molar-refractivity contribution is 0.270. The Kier molecular flexibility index (Phi) is 7.50. The van der Waals surface area contributed by atoms with E-state index < -0.39 is 0 Å². The van der Waals surface area contributed by atoms with Gasteiger partial charge < -0.3 is 5.32 Å². The number of nitrogens with zero attached hydrogens (tertiary/aromatic N) is 1. The molecule has 16 heavy (non-hydrogen) atoms. The van der Waals surface area contributed by atoms with Crippen LogP contribution in [0.25, 0.3) is 0 Å². The molecule has 1 aliphatic heterocycles. The number of thioether (sulfide) groups is 1. The topological polar surface area (TPSA) is 15.3 Å². The van der Waals surface area contributed by atoms with Gasteiger partial charge in [-0.2, -0.15) is 11.8 Å². The van der Waals surface area contributed by atoms with Gasteiger partial charge in [0.05, 0.1) is 0 Å². The van der Waals surface area contributed by atoms with Crippen molar-refractivity contribution in [3.8, 4) is 0 Å². The van der Waals surface area contributed by atoms with Gasteiger partial charge in [-0.05, 0) is 13.0 Å². The Morgan fingerprint density at radius 1 is 1.12 bits per heavy atom. The number of rotatable bonds is 7. The van der Waals surface area contributed by atoms with Crippen LogP contribution in [0.4, 0.5) is 0 Å². The predicted molar refractivity (Wildman–Crippen MR) is 75.3 cm³/mol. The predicted octanol–water partition coefficient (Wildman–Crippen LogP) is 2.59. The molecule has 0 saturated carbocycles. The van der Waals surface area contributed by atoms with Crippen molar-refractivity contribution >= 4 is 11.8 Å². The van der Waals surface area contributed by atoms with Gasteiger partial charge in [0.25, 0.3) is 0 Å². The van der Waals surface area contributed by atoms with E-state index in [2.05, 4.69) is 42.7 Å². The molecule has 0 amide bonds. The molecule has 2 nitrogen and oxygen atoms in total. The van der Waals surface area contributed by atoms with Crippen LogP contribution in [0.1, 0.15) is 40.0 Å². The first-order valence-corrected chi connectivity index (χ1v) is 7.75. The first-order chi connectivity index (χ1) is 7.72. The second kappa shape index (κ2) is 8.37. The molecule has 1 N–H and O–H groups in total. The van der Waals surface area contributed by atoms with Crippen LogP contribution in [-0.4, -0.2) is 48.1 Å². The number of hydrogen-bond acceptors (Lipinski definition) is 3. The van der Waals surface area contributed by atoms with Crippen LogP contribution in [-0.2, 0) is 0 Å². The van der Waals surface area contributed by atoms with E-state index in [1.54, 1.807) is 0 Å². The lowest BCUT2D eigenvalue weighted by Gasteiger charge is -2.34. The molecule has 96 valence electrons. The maximum absolute atomic E-state index is 3.55. The molecule has 1 heterocycles. The highest BCUT2D eigenvalue weighted by atomic mass is 32.2. The monoisotopic (exact) mass is 244 g/mol. The molecule has 0 aromatic carbocycles. The molecule has 1 saturated heterocycles. The maximum Gasteiger partial charge on any atom is 0.0149 e. The summed E-state index contributed by atoms with van der Waals surface area (Å²) in [6.07, 6.45) is 4.01. The average Bonchev–Trinajstić information content (AvgIpc) is 2.22. The molecule has 0 radical (unpaired) electrons. The summed E-state index contributed by atoms with van der Waals surface area (Å²) >= 11 is 2.13.